The molecule has 0 spiro atoms. The van der Waals surface area contributed by atoms with Gasteiger partial charge in [0.25, 0.3) is 0 Å². The molecule has 0 aromatic heterocycles. The van der Waals surface area contributed by atoms with Crippen molar-refractivity contribution in [3.63, 3.8) is 0 Å². The molecule has 0 N–H and O–H groups in total. The highest BCUT2D eigenvalue weighted by Crippen LogP contribution is 2.07. The molecule has 1 unspecified atom stereocenters. The first kappa shape index (κ1) is 16.4. The Morgan fingerprint density at radius 3 is 2.58 bits per heavy atom. The van der Waals surface area contributed by atoms with Gasteiger partial charge in [-0.2, -0.15) is 0 Å². The summed E-state index contributed by atoms with van der Waals surface area (Å²) in [5.41, 5.74) is 0. The Labute approximate surface area is 116 Å². The van der Waals surface area contributed by atoms with Crippen LogP contribution in [0.4, 0.5) is 0 Å². The van der Waals surface area contributed by atoms with E-state index in [2.05, 4.69) is 4.90 Å². The molecule has 7 heteroatoms. The van der Waals surface area contributed by atoms with Crippen LogP contribution in [0.3, 0.4) is 0 Å². The number of amides is 1. The number of rotatable bonds is 7. The average molecular weight is 291 g/mol. The summed E-state index contributed by atoms with van der Waals surface area (Å²) < 4.78 is 26.7. The average Bonchev–Trinajstić information content (AvgIpc) is 2.42. The number of hydrogen-bond donors (Lipinski definition) is 1. The topological polar surface area (TPSA) is 66.9 Å². The molecule has 1 aliphatic heterocycles. The Hall–Kier alpha value is -0.660. The molecule has 1 rings (SSSR count). The zero-order valence-corrected chi connectivity index (χ0v) is 12.5. The van der Waals surface area contributed by atoms with Crippen molar-refractivity contribution in [2.24, 2.45) is 5.92 Å². The molecule has 1 fully saturated rings. The molecule has 1 radical (unpaired) electrons. The fraction of sp³-hybridized carbons (Fsp3) is 0.833. The third-order valence-electron chi connectivity index (χ3n) is 3.30. The van der Waals surface area contributed by atoms with E-state index in [0.717, 1.165) is 32.8 Å². The first-order valence-corrected chi connectivity index (χ1v) is 7.87. The lowest BCUT2D eigenvalue weighted by Gasteiger charge is -2.29. The van der Waals surface area contributed by atoms with Gasteiger partial charge in [-0.15, -0.1) is 0 Å². The van der Waals surface area contributed by atoms with Gasteiger partial charge in [-0.1, -0.05) is 6.92 Å². The highest BCUT2D eigenvalue weighted by molar-refractivity contribution is 7.72. The molecule has 1 saturated heterocycles. The van der Waals surface area contributed by atoms with Gasteiger partial charge in [0.05, 0.1) is 24.9 Å². The lowest BCUT2D eigenvalue weighted by atomic mass is 10.1. The normalized spacial score (nSPS) is 18.5. The van der Waals surface area contributed by atoms with Gasteiger partial charge < -0.3 is 9.64 Å². The number of carbonyl (C=O) groups excluding carboxylic acids is 1. The van der Waals surface area contributed by atoms with Crippen molar-refractivity contribution in [3.8, 4) is 0 Å². The Kier molecular flexibility index (Phi) is 7.33. The second-order valence-electron chi connectivity index (χ2n) is 4.67. The predicted molar refractivity (Wildman–Crippen MR) is 73.5 cm³/mol. The SMILES string of the molecule is C[CH]C(C[SH](=O)=O)C(=O)N(C)CCN1CCOCC1. The summed E-state index contributed by atoms with van der Waals surface area (Å²) in [5, 5.41) is 0. The molecule has 111 valence electrons. The van der Waals surface area contributed by atoms with Crippen molar-refractivity contribution in [2.75, 3.05) is 52.2 Å². The molecule has 1 aliphatic rings. The van der Waals surface area contributed by atoms with Crippen LogP contribution in [0.15, 0.2) is 0 Å². The van der Waals surface area contributed by atoms with Gasteiger partial charge in [0.1, 0.15) is 10.7 Å². The standard InChI is InChI=1S/C12H23N2O4S/c1-3-11(10-19(16)17)12(15)13(2)4-5-14-6-8-18-9-7-14/h3,11,19H,4-10H2,1-2H3. The first-order valence-electron chi connectivity index (χ1n) is 6.51. The Balaban J connectivity index is 2.37. The minimum Gasteiger partial charge on any atom is -0.379 e. The van der Waals surface area contributed by atoms with Crippen molar-refractivity contribution >= 4 is 16.6 Å². The van der Waals surface area contributed by atoms with Gasteiger partial charge >= 0.3 is 0 Å². The van der Waals surface area contributed by atoms with Gasteiger partial charge in [0.15, 0.2) is 0 Å². The summed E-state index contributed by atoms with van der Waals surface area (Å²) in [7, 11) is -0.811. The highest BCUT2D eigenvalue weighted by atomic mass is 32.2. The molecule has 1 heterocycles. The smallest absolute Gasteiger partial charge is 0.226 e. The molecular formula is C12H23N2O4S. The van der Waals surface area contributed by atoms with Crippen LogP contribution in [0.25, 0.3) is 0 Å². The van der Waals surface area contributed by atoms with Gasteiger partial charge in [0, 0.05) is 33.2 Å². The van der Waals surface area contributed by atoms with Gasteiger partial charge in [0.2, 0.25) is 5.91 Å². The third kappa shape index (κ3) is 5.88. The van der Waals surface area contributed by atoms with E-state index in [0.29, 0.717) is 6.54 Å². The van der Waals surface area contributed by atoms with Crippen LogP contribution in [0.5, 0.6) is 0 Å². The fourth-order valence-corrected chi connectivity index (χ4v) is 2.68. The maximum atomic E-state index is 12.1. The van der Waals surface area contributed by atoms with E-state index in [1.165, 1.54) is 0 Å². The van der Waals surface area contributed by atoms with E-state index in [4.69, 9.17) is 4.74 Å². The van der Waals surface area contributed by atoms with E-state index >= 15 is 0 Å². The van der Waals surface area contributed by atoms with Crippen molar-refractivity contribution in [1.82, 2.24) is 9.80 Å². The van der Waals surface area contributed by atoms with E-state index in [-0.39, 0.29) is 11.7 Å². The number of carbonyl (C=O) groups is 1. The number of nitrogens with zero attached hydrogens (tertiary/aromatic N) is 2. The summed E-state index contributed by atoms with van der Waals surface area (Å²) in [6.45, 7) is 6.37. The van der Waals surface area contributed by atoms with Crippen LogP contribution < -0.4 is 0 Å². The Bertz CT molecular complexity index is 346. The molecular weight excluding hydrogens is 268 g/mol. The number of thiol groups is 1. The first-order chi connectivity index (χ1) is 9.04. The van der Waals surface area contributed by atoms with Gasteiger partial charge in [-0.05, 0) is 6.42 Å². The molecule has 0 aromatic rings. The second-order valence-corrected chi connectivity index (χ2v) is 5.70. The number of ether oxygens (including phenoxy) is 1. The van der Waals surface area contributed by atoms with Crippen LogP contribution in [0.1, 0.15) is 6.92 Å². The predicted octanol–water partition coefficient (Wildman–Crippen LogP) is -0.771. The largest absolute Gasteiger partial charge is 0.379 e. The van der Waals surface area contributed by atoms with Crippen molar-refractivity contribution < 1.29 is 17.9 Å². The monoisotopic (exact) mass is 291 g/mol. The van der Waals surface area contributed by atoms with E-state index in [9.17, 15) is 13.2 Å². The van der Waals surface area contributed by atoms with E-state index in [1.54, 1.807) is 25.3 Å². The summed E-state index contributed by atoms with van der Waals surface area (Å²) in [5.74, 6) is -0.766. The number of hydrogen-bond acceptors (Lipinski definition) is 5. The minimum absolute atomic E-state index is 0.105. The molecule has 0 aliphatic carbocycles. The maximum absolute atomic E-state index is 12.1. The van der Waals surface area contributed by atoms with E-state index < -0.39 is 16.6 Å². The lowest BCUT2D eigenvalue weighted by molar-refractivity contribution is -0.132. The zero-order chi connectivity index (χ0) is 14.3. The molecule has 1 amide bonds. The Morgan fingerprint density at radius 1 is 1.42 bits per heavy atom. The summed E-state index contributed by atoms with van der Waals surface area (Å²) in [6.07, 6.45) is 1.65. The van der Waals surface area contributed by atoms with Crippen LogP contribution in [-0.4, -0.2) is 76.3 Å². The minimum atomic E-state index is -2.53. The van der Waals surface area contributed by atoms with Crippen molar-refractivity contribution in [3.05, 3.63) is 6.42 Å². The van der Waals surface area contributed by atoms with Gasteiger partial charge in [-0.25, -0.2) is 8.42 Å². The van der Waals surface area contributed by atoms with Gasteiger partial charge in [-0.3, -0.25) is 9.69 Å². The van der Waals surface area contributed by atoms with Crippen LogP contribution in [0.2, 0.25) is 0 Å². The van der Waals surface area contributed by atoms with E-state index in [1.807, 2.05) is 0 Å². The number of morpholine rings is 1. The molecule has 0 bridgehead atoms. The summed E-state index contributed by atoms with van der Waals surface area (Å²) >= 11 is 0. The van der Waals surface area contributed by atoms with Crippen LogP contribution in [0, 0.1) is 12.3 Å². The molecule has 0 saturated carbocycles. The summed E-state index contributed by atoms with van der Waals surface area (Å²) in [4.78, 5) is 15.9. The van der Waals surface area contributed by atoms with Crippen molar-refractivity contribution in [2.45, 2.75) is 6.92 Å². The molecule has 0 aromatic carbocycles. The maximum Gasteiger partial charge on any atom is 0.226 e. The molecule has 6 nitrogen and oxygen atoms in total. The third-order valence-corrected chi connectivity index (χ3v) is 3.99. The second kappa shape index (κ2) is 8.50. The quantitative estimate of drug-likeness (QED) is 0.624. The molecule has 1 atom stereocenters. The van der Waals surface area contributed by atoms with Crippen molar-refractivity contribution in [1.29, 1.82) is 0 Å². The molecule has 19 heavy (non-hydrogen) atoms. The zero-order valence-electron chi connectivity index (χ0n) is 11.6. The lowest BCUT2D eigenvalue weighted by Crippen LogP contribution is -2.43. The number of likely N-dealkylation sites (N-methyl/N-ethyl adjacent to an activating group) is 1. The van der Waals surface area contributed by atoms with Crippen LogP contribution >= 0.6 is 0 Å². The van der Waals surface area contributed by atoms with Crippen LogP contribution in [-0.2, 0) is 20.2 Å². The Morgan fingerprint density at radius 2 is 2.05 bits per heavy atom. The highest BCUT2D eigenvalue weighted by Gasteiger charge is 2.22. The summed E-state index contributed by atoms with van der Waals surface area (Å²) in [6, 6.07) is 0. The fourth-order valence-electron chi connectivity index (χ4n) is 2.00.